The summed E-state index contributed by atoms with van der Waals surface area (Å²) in [6.45, 7) is 5.48. The molecule has 1 saturated heterocycles. The van der Waals surface area contributed by atoms with E-state index in [1.165, 1.54) is 5.56 Å². The summed E-state index contributed by atoms with van der Waals surface area (Å²) in [5.74, 6) is 3.42. The van der Waals surface area contributed by atoms with E-state index >= 15 is 0 Å². The molecule has 2 heterocycles. The molecule has 1 aliphatic heterocycles. The standard InChI is InChI=1S/C19H25NO3/c1-13-18(10-17-6-5-9-23-17)14(2)20(13)12-15-7-8-16(21-3)11-19(15)22-4/h5-9,11,13-14,18H,10,12H2,1-4H3. The third-order valence-corrected chi connectivity index (χ3v) is 5.15. The number of rotatable bonds is 6. The van der Waals surface area contributed by atoms with Crippen LogP contribution in [0.1, 0.15) is 25.2 Å². The third-order valence-electron chi connectivity index (χ3n) is 5.15. The first-order valence-electron chi connectivity index (χ1n) is 8.13. The van der Waals surface area contributed by atoms with E-state index in [1.54, 1.807) is 20.5 Å². The summed E-state index contributed by atoms with van der Waals surface area (Å²) < 4.78 is 16.3. The largest absolute Gasteiger partial charge is 0.497 e. The lowest BCUT2D eigenvalue weighted by molar-refractivity contribution is -0.0460. The van der Waals surface area contributed by atoms with Gasteiger partial charge in [-0.3, -0.25) is 4.90 Å². The van der Waals surface area contributed by atoms with Gasteiger partial charge in [0.05, 0.1) is 20.5 Å². The molecule has 2 aromatic rings. The van der Waals surface area contributed by atoms with E-state index in [1.807, 2.05) is 18.2 Å². The van der Waals surface area contributed by atoms with E-state index in [9.17, 15) is 0 Å². The highest BCUT2D eigenvalue weighted by molar-refractivity contribution is 5.41. The van der Waals surface area contributed by atoms with Crippen molar-refractivity contribution in [2.45, 2.75) is 38.9 Å². The van der Waals surface area contributed by atoms with Crippen LogP contribution in [-0.4, -0.2) is 31.2 Å². The normalized spacial score (nSPS) is 24.3. The second kappa shape index (κ2) is 6.67. The highest BCUT2D eigenvalue weighted by Crippen LogP contribution is 2.37. The summed E-state index contributed by atoms with van der Waals surface area (Å²) in [7, 11) is 3.38. The van der Waals surface area contributed by atoms with Crippen molar-refractivity contribution in [1.29, 1.82) is 0 Å². The number of hydrogen-bond acceptors (Lipinski definition) is 4. The monoisotopic (exact) mass is 315 g/mol. The zero-order valence-corrected chi connectivity index (χ0v) is 14.3. The van der Waals surface area contributed by atoms with Crippen LogP contribution in [0.4, 0.5) is 0 Å². The van der Waals surface area contributed by atoms with Crippen LogP contribution in [0, 0.1) is 5.92 Å². The molecular formula is C19H25NO3. The van der Waals surface area contributed by atoms with Crippen molar-refractivity contribution in [1.82, 2.24) is 4.90 Å². The summed E-state index contributed by atoms with van der Waals surface area (Å²) in [5.41, 5.74) is 1.20. The van der Waals surface area contributed by atoms with Crippen LogP contribution in [0.25, 0.3) is 0 Å². The number of hydrogen-bond donors (Lipinski definition) is 0. The Labute approximate surface area is 138 Å². The van der Waals surface area contributed by atoms with Crippen molar-refractivity contribution in [2.24, 2.45) is 5.92 Å². The van der Waals surface area contributed by atoms with E-state index in [0.29, 0.717) is 18.0 Å². The Morgan fingerprint density at radius 2 is 1.87 bits per heavy atom. The third kappa shape index (κ3) is 3.08. The molecule has 2 unspecified atom stereocenters. The molecule has 0 bridgehead atoms. The molecule has 0 N–H and O–H groups in total. The Morgan fingerprint density at radius 1 is 1.09 bits per heavy atom. The van der Waals surface area contributed by atoms with Crippen LogP contribution in [0.2, 0.25) is 0 Å². The quantitative estimate of drug-likeness (QED) is 0.813. The maximum Gasteiger partial charge on any atom is 0.127 e. The lowest BCUT2D eigenvalue weighted by Crippen LogP contribution is -2.61. The maximum atomic E-state index is 5.52. The second-order valence-corrected chi connectivity index (χ2v) is 6.28. The van der Waals surface area contributed by atoms with Gasteiger partial charge in [-0.1, -0.05) is 6.07 Å². The molecule has 0 saturated carbocycles. The molecule has 4 heteroatoms. The van der Waals surface area contributed by atoms with Gasteiger partial charge in [0.2, 0.25) is 0 Å². The zero-order chi connectivity index (χ0) is 16.4. The van der Waals surface area contributed by atoms with Crippen LogP contribution in [0.3, 0.4) is 0 Å². The van der Waals surface area contributed by atoms with Crippen molar-refractivity contribution in [2.75, 3.05) is 14.2 Å². The topological polar surface area (TPSA) is 34.8 Å². The summed E-state index contributed by atoms with van der Waals surface area (Å²) in [5, 5.41) is 0. The van der Waals surface area contributed by atoms with Crippen LogP contribution < -0.4 is 9.47 Å². The number of likely N-dealkylation sites (tertiary alicyclic amines) is 1. The van der Waals surface area contributed by atoms with Crippen molar-refractivity contribution >= 4 is 0 Å². The smallest absolute Gasteiger partial charge is 0.127 e. The van der Waals surface area contributed by atoms with Gasteiger partial charge in [-0.05, 0) is 38.0 Å². The van der Waals surface area contributed by atoms with Crippen LogP contribution in [0.5, 0.6) is 11.5 Å². The van der Waals surface area contributed by atoms with Crippen molar-refractivity contribution in [3.05, 3.63) is 47.9 Å². The Kier molecular flexibility index (Phi) is 4.62. The Balaban J connectivity index is 1.67. The van der Waals surface area contributed by atoms with Gasteiger partial charge in [-0.2, -0.15) is 0 Å². The Morgan fingerprint density at radius 3 is 2.48 bits per heavy atom. The number of nitrogens with zero attached hydrogens (tertiary/aromatic N) is 1. The molecule has 23 heavy (non-hydrogen) atoms. The van der Waals surface area contributed by atoms with Crippen LogP contribution in [-0.2, 0) is 13.0 Å². The van der Waals surface area contributed by atoms with E-state index in [-0.39, 0.29) is 0 Å². The molecule has 0 amide bonds. The number of benzene rings is 1. The Hall–Kier alpha value is -1.94. The van der Waals surface area contributed by atoms with E-state index in [4.69, 9.17) is 13.9 Å². The number of methoxy groups -OCH3 is 2. The average molecular weight is 315 g/mol. The summed E-state index contributed by atoms with van der Waals surface area (Å²) in [6, 6.07) is 11.1. The molecule has 1 aromatic heterocycles. The highest BCUT2D eigenvalue weighted by atomic mass is 16.5. The molecule has 0 radical (unpaired) electrons. The van der Waals surface area contributed by atoms with E-state index in [0.717, 1.165) is 30.2 Å². The summed E-state index contributed by atoms with van der Waals surface area (Å²) in [4.78, 5) is 2.51. The van der Waals surface area contributed by atoms with Crippen LogP contribution >= 0.6 is 0 Å². The van der Waals surface area contributed by atoms with Crippen LogP contribution in [0.15, 0.2) is 41.0 Å². The molecule has 1 aromatic carbocycles. The molecule has 3 rings (SSSR count). The fourth-order valence-corrected chi connectivity index (χ4v) is 3.63. The number of ether oxygens (including phenoxy) is 2. The second-order valence-electron chi connectivity index (χ2n) is 6.28. The first-order valence-corrected chi connectivity index (χ1v) is 8.13. The average Bonchev–Trinajstić information content (AvgIpc) is 3.10. The fraction of sp³-hybridized carbons (Fsp3) is 0.474. The molecular weight excluding hydrogens is 290 g/mol. The number of furan rings is 1. The fourth-order valence-electron chi connectivity index (χ4n) is 3.63. The van der Waals surface area contributed by atoms with Gasteiger partial charge in [-0.25, -0.2) is 0 Å². The minimum Gasteiger partial charge on any atom is -0.497 e. The van der Waals surface area contributed by atoms with Gasteiger partial charge in [-0.15, -0.1) is 0 Å². The van der Waals surface area contributed by atoms with E-state index < -0.39 is 0 Å². The molecule has 4 nitrogen and oxygen atoms in total. The first-order chi connectivity index (χ1) is 11.1. The SMILES string of the molecule is COc1ccc(CN2C(C)C(Cc3ccco3)C2C)c(OC)c1. The molecule has 0 aliphatic carbocycles. The van der Waals surface area contributed by atoms with Crippen molar-refractivity contribution in [3.63, 3.8) is 0 Å². The molecule has 1 aliphatic rings. The molecule has 2 atom stereocenters. The predicted molar refractivity (Wildman–Crippen MR) is 89.9 cm³/mol. The van der Waals surface area contributed by atoms with Gasteiger partial charge in [0.15, 0.2) is 0 Å². The Bertz CT molecular complexity index is 628. The molecule has 124 valence electrons. The lowest BCUT2D eigenvalue weighted by atomic mass is 9.78. The van der Waals surface area contributed by atoms with Crippen molar-refractivity contribution in [3.8, 4) is 11.5 Å². The zero-order valence-electron chi connectivity index (χ0n) is 14.3. The molecule has 0 spiro atoms. The van der Waals surface area contributed by atoms with Gasteiger partial charge in [0, 0.05) is 36.7 Å². The summed E-state index contributed by atoms with van der Waals surface area (Å²) >= 11 is 0. The van der Waals surface area contributed by atoms with Crippen molar-refractivity contribution < 1.29 is 13.9 Å². The van der Waals surface area contributed by atoms with Gasteiger partial charge in [0.1, 0.15) is 17.3 Å². The first kappa shape index (κ1) is 15.9. The lowest BCUT2D eigenvalue weighted by Gasteiger charge is -2.53. The van der Waals surface area contributed by atoms with E-state index in [2.05, 4.69) is 30.9 Å². The minimum absolute atomic E-state index is 0.530. The van der Waals surface area contributed by atoms with Gasteiger partial charge in [0.25, 0.3) is 0 Å². The van der Waals surface area contributed by atoms with Gasteiger partial charge >= 0.3 is 0 Å². The minimum atomic E-state index is 0.530. The highest BCUT2D eigenvalue weighted by Gasteiger charge is 2.42. The maximum absolute atomic E-state index is 5.52. The predicted octanol–water partition coefficient (Wildman–Crippen LogP) is 3.75. The van der Waals surface area contributed by atoms with Gasteiger partial charge < -0.3 is 13.9 Å². The summed E-state index contributed by atoms with van der Waals surface area (Å²) in [6.07, 6.45) is 2.76. The molecule has 1 fully saturated rings.